The fourth-order valence-electron chi connectivity index (χ4n) is 2.93. The molecular formula is C19H23N7O2S. The molecule has 29 heavy (non-hydrogen) atoms. The zero-order chi connectivity index (χ0) is 21.2. The van der Waals surface area contributed by atoms with Crippen molar-refractivity contribution in [3.05, 3.63) is 53.7 Å². The van der Waals surface area contributed by atoms with Gasteiger partial charge in [-0.3, -0.25) is 4.31 Å². The van der Waals surface area contributed by atoms with Crippen LogP contribution in [0.25, 0.3) is 0 Å². The second-order valence-corrected chi connectivity index (χ2v) is 8.81. The van der Waals surface area contributed by atoms with Crippen LogP contribution in [0.2, 0.25) is 0 Å². The van der Waals surface area contributed by atoms with Crippen molar-refractivity contribution in [2.75, 3.05) is 28.2 Å². The topological polar surface area (TPSA) is 113 Å². The number of nitrogens with zero attached hydrogens (tertiary/aromatic N) is 5. The van der Waals surface area contributed by atoms with Crippen LogP contribution in [0.5, 0.6) is 0 Å². The molecule has 3 rings (SSSR count). The lowest BCUT2D eigenvalue weighted by molar-refractivity contribution is 0.600. The lowest BCUT2D eigenvalue weighted by atomic mass is 10.1. The summed E-state index contributed by atoms with van der Waals surface area (Å²) >= 11 is 0. The number of aryl methyl sites for hydroxylation is 3. The lowest BCUT2D eigenvalue weighted by Crippen LogP contribution is -2.26. The first-order valence-corrected chi connectivity index (χ1v) is 10.7. The minimum Gasteiger partial charge on any atom is -0.338 e. The molecule has 0 atom stereocenters. The van der Waals surface area contributed by atoms with Gasteiger partial charge >= 0.3 is 0 Å². The number of nitrogens with one attached hydrogen (secondary N) is 2. The quantitative estimate of drug-likeness (QED) is 0.634. The number of benzene rings is 1. The number of aromatic nitrogens is 4. The summed E-state index contributed by atoms with van der Waals surface area (Å²) < 4.78 is 25.5. The summed E-state index contributed by atoms with van der Waals surface area (Å²) in [6, 6.07) is 7.34. The molecule has 2 heterocycles. The van der Waals surface area contributed by atoms with Crippen LogP contribution in [0, 0.1) is 20.8 Å². The average Bonchev–Trinajstić information content (AvgIpc) is 2.60. The molecule has 0 fully saturated rings. The molecule has 0 saturated heterocycles. The van der Waals surface area contributed by atoms with Gasteiger partial charge in [0.05, 0.1) is 17.6 Å². The van der Waals surface area contributed by atoms with Crippen LogP contribution < -0.4 is 14.9 Å². The number of hydrogen-bond acceptors (Lipinski definition) is 8. The summed E-state index contributed by atoms with van der Waals surface area (Å²) in [4.78, 5) is 16.7. The van der Waals surface area contributed by atoms with Gasteiger partial charge in [0, 0.05) is 24.9 Å². The van der Waals surface area contributed by atoms with E-state index in [0.29, 0.717) is 28.8 Å². The summed E-state index contributed by atoms with van der Waals surface area (Å²) in [7, 11) is -1.89. The Hall–Kier alpha value is -3.27. The molecule has 0 aliphatic carbocycles. The van der Waals surface area contributed by atoms with E-state index in [4.69, 9.17) is 0 Å². The van der Waals surface area contributed by atoms with E-state index in [2.05, 4.69) is 30.6 Å². The van der Waals surface area contributed by atoms with Gasteiger partial charge in [0.1, 0.15) is 30.1 Å². The first kappa shape index (κ1) is 20.5. The Kier molecular flexibility index (Phi) is 5.64. The Balaban J connectivity index is 1.94. The molecule has 1 aromatic carbocycles. The van der Waals surface area contributed by atoms with E-state index in [9.17, 15) is 8.42 Å². The van der Waals surface area contributed by atoms with Crippen molar-refractivity contribution in [1.29, 1.82) is 0 Å². The van der Waals surface area contributed by atoms with Crippen LogP contribution in [-0.2, 0) is 10.0 Å². The second kappa shape index (κ2) is 8.00. The van der Waals surface area contributed by atoms with Gasteiger partial charge in [-0.2, -0.15) is 0 Å². The highest BCUT2D eigenvalue weighted by molar-refractivity contribution is 7.92. The highest BCUT2D eigenvalue weighted by atomic mass is 32.2. The van der Waals surface area contributed by atoms with Crippen LogP contribution in [0.15, 0.2) is 36.9 Å². The third-order valence-corrected chi connectivity index (χ3v) is 5.42. The van der Waals surface area contributed by atoms with Crippen LogP contribution in [0.3, 0.4) is 0 Å². The summed E-state index contributed by atoms with van der Waals surface area (Å²) in [6.45, 7) is 5.70. The summed E-state index contributed by atoms with van der Waals surface area (Å²) in [6.07, 6.45) is 4.06. The van der Waals surface area contributed by atoms with Crippen molar-refractivity contribution in [2.24, 2.45) is 0 Å². The summed E-state index contributed by atoms with van der Waals surface area (Å²) in [5, 5.41) is 6.32. The fourth-order valence-corrected chi connectivity index (χ4v) is 3.50. The summed E-state index contributed by atoms with van der Waals surface area (Å²) in [5.41, 5.74) is 3.87. The first-order chi connectivity index (χ1) is 13.6. The third-order valence-electron chi connectivity index (χ3n) is 4.25. The Bertz CT molecular complexity index is 1150. The SMILES string of the molecule is Cc1cc(C)c(N(C)S(C)(=O)=O)c(Nc2cc(Nc3cc(C)ncn3)ncn2)c1. The molecule has 0 aliphatic rings. The molecule has 0 amide bonds. The minimum absolute atomic E-state index is 0.515. The maximum atomic E-state index is 12.1. The number of sulfonamides is 1. The van der Waals surface area contributed by atoms with Gasteiger partial charge in [0.25, 0.3) is 0 Å². The van der Waals surface area contributed by atoms with E-state index in [1.54, 1.807) is 12.1 Å². The van der Waals surface area contributed by atoms with Crippen molar-refractivity contribution < 1.29 is 8.42 Å². The predicted octanol–water partition coefficient (Wildman–Crippen LogP) is 3.07. The standard InChI is InChI=1S/C19H23N7O2S/c1-12-6-13(2)19(26(4)29(5,27)28)15(7-12)24-17-9-18(23-11-22-17)25-16-8-14(3)20-10-21-16/h6-11H,1-5H3,(H2,20,21,22,23,24,25). The van der Waals surface area contributed by atoms with E-state index < -0.39 is 10.0 Å². The van der Waals surface area contributed by atoms with Crippen LogP contribution in [0.4, 0.5) is 28.8 Å². The van der Waals surface area contributed by atoms with E-state index in [0.717, 1.165) is 16.8 Å². The van der Waals surface area contributed by atoms with Gasteiger partial charge in [0.2, 0.25) is 10.0 Å². The van der Waals surface area contributed by atoms with Crippen molar-refractivity contribution in [1.82, 2.24) is 19.9 Å². The van der Waals surface area contributed by atoms with Crippen molar-refractivity contribution in [3.8, 4) is 0 Å². The Morgan fingerprint density at radius 2 is 1.41 bits per heavy atom. The molecule has 0 radical (unpaired) electrons. The van der Waals surface area contributed by atoms with Crippen molar-refractivity contribution in [3.63, 3.8) is 0 Å². The van der Waals surface area contributed by atoms with Gasteiger partial charge < -0.3 is 10.6 Å². The van der Waals surface area contributed by atoms with E-state index in [1.165, 1.54) is 30.3 Å². The largest absolute Gasteiger partial charge is 0.338 e. The number of anilines is 5. The molecule has 0 spiro atoms. The second-order valence-electron chi connectivity index (χ2n) is 6.79. The monoisotopic (exact) mass is 413 g/mol. The zero-order valence-electron chi connectivity index (χ0n) is 16.9. The zero-order valence-corrected chi connectivity index (χ0v) is 17.7. The molecular weight excluding hydrogens is 390 g/mol. The number of hydrogen-bond donors (Lipinski definition) is 2. The maximum Gasteiger partial charge on any atom is 0.232 e. The predicted molar refractivity (Wildman–Crippen MR) is 115 cm³/mol. The van der Waals surface area contributed by atoms with Gasteiger partial charge in [-0.15, -0.1) is 0 Å². The smallest absolute Gasteiger partial charge is 0.232 e. The Morgan fingerprint density at radius 3 is 2.03 bits per heavy atom. The van der Waals surface area contributed by atoms with Crippen LogP contribution in [0.1, 0.15) is 16.8 Å². The molecule has 0 saturated carbocycles. The average molecular weight is 414 g/mol. The molecule has 152 valence electrons. The molecule has 0 aliphatic heterocycles. The van der Waals surface area contributed by atoms with Gasteiger partial charge in [-0.1, -0.05) is 6.07 Å². The molecule has 2 aromatic heterocycles. The van der Waals surface area contributed by atoms with E-state index in [1.807, 2.05) is 32.9 Å². The van der Waals surface area contributed by atoms with E-state index in [-0.39, 0.29) is 0 Å². The maximum absolute atomic E-state index is 12.1. The van der Waals surface area contributed by atoms with Gasteiger partial charge in [-0.05, 0) is 38.0 Å². The third kappa shape index (κ3) is 4.96. The molecule has 2 N–H and O–H groups in total. The Labute approximate surface area is 170 Å². The number of rotatable bonds is 6. The summed E-state index contributed by atoms with van der Waals surface area (Å²) in [5.74, 6) is 1.68. The van der Waals surface area contributed by atoms with Crippen molar-refractivity contribution >= 4 is 38.9 Å². The van der Waals surface area contributed by atoms with Gasteiger partial charge in [-0.25, -0.2) is 28.4 Å². The molecule has 3 aromatic rings. The molecule has 0 unspecified atom stereocenters. The highest BCUT2D eigenvalue weighted by Gasteiger charge is 2.19. The molecule has 10 heteroatoms. The molecule has 9 nitrogen and oxygen atoms in total. The molecule has 0 bridgehead atoms. The van der Waals surface area contributed by atoms with Gasteiger partial charge in [0.15, 0.2) is 0 Å². The highest BCUT2D eigenvalue weighted by Crippen LogP contribution is 2.34. The lowest BCUT2D eigenvalue weighted by Gasteiger charge is -2.23. The first-order valence-electron chi connectivity index (χ1n) is 8.83. The fraction of sp³-hybridized carbons (Fsp3) is 0.263. The van der Waals surface area contributed by atoms with Crippen molar-refractivity contribution in [2.45, 2.75) is 20.8 Å². The van der Waals surface area contributed by atoms with Crippen LogP contribution in [-0.4, -0.2) is 41.7 Å². The van der Waals surface area contributed by atoms with E-state index >= 15 is 0 Å². The Morgan fingerprint density at radius 1 is 0.828 bits per heavy atom. The van der Waals surface area contributed by atoms with Crippen LogP contribution >= 0.6 is 0 Å². The normalized spacial score (nSPS) is 11.2. The minimum atomic E-state index is -3.42.